The molecular formula is C25H29N8O5+. The van der Waals surface area contributed by atoms with Crippen LogP contribution in [0.4, 0.5) is 0 Å². The molecule has 0 aliphatic carbocycles. The van der Waals surface area contributed by atoms with Crippen LogP contribution in [0.3, 0.4) is 0 Å². The van der Waals surface area contributed by atoms with E-state index in [1.54, 1.807) is 12.1 Å². The fourth-order valence-electron chi connectivity index (χ4n) is 6.15. The van der Waals surface area contributed by atoms with Crippen molar-refractivity contribution in [1.29, 1.82) is 0 Å². The highest BCUT2D eigenvalue weighted by atomic mass is 16.5. The Balaban J connectivity index is 1.34. The number of fused-ring (bicyclic) bond motifs is 1. The molecule has 4 aliphatic heterocycles. The number of aliphatic imine (C=N–C) groups is 1. The van der Waals surface area contributed by atoms with Crippen molar-refractivity contribution < 1.29 is 29.2 Å². The van der Waals surface area contributed by atoms with Crippen molar-refractivity contribution in [2.24, 2.45) is 16.5 Å². The minimum Gasteiger partial charge on any atom is -0.370 e. The normalized spacial score (nSPS) is 29.6. The van der Waals surface area contributed by atoms with Gasteiger partial charge in [-0.05, 0) is 23.8 Å². The van der Waals surface area contributed by atoms with Crippen LogP contribution in [-0.2, 0) is 9.59 Å². The van der Waals surface area contributed by atoms with Gasteiger partial charge in [0.1, 0.15) is 18.1 Å². The quantitative estimate of drug-likeness (QED) is 0.128. The number of amides is 3. The van der Waals surface area contributed by atoms with Crippen LogP contribution in [-0.4, -0.2) is 92.0 Å². The number of rotatable bonds is 4. The minimum absolute atomic E-state index is 0.0627. The van der Waals surface area contributed by atoms with Crippen molar-refractivity contribution in [2.75, 3.05) is 13.1 Å². The fourth-order valence-corrected chi connectivity index (χ4v) is 6.15. The Labute approximate surface area is 217 Å². The van der Waals surface area contributed by atoms with E-state index in [1.807, 2.05) is 31.2 Å². The minimum atomic E-state index is -2.61. The summed E-state index contributed by atoms with van der Waals surface area (Å²) >= 11 is 0. The highest BCUT2D eigenvalue weighted by molar-refractivity contribution is 6.07. The van der Waals surface area contributed by atoms with Gasteiger partial charge in [0.2, 0.25) is 23.3 Å². The number of hydrogen-bond donors (Lipinski definition) is 7. The van der Waals surface area contributed by atoms with E-state index in [4.69, 9.17) is 11.5 Å². The zero-order chi connectivity index (χ0) is 27.0. The number of carbonyl (C=O) groups is 3. The van der Waals surface area contributed by atoms with Gasteiger partial charge in [0.25, 0.3) is 5.91 Å². The summed E-state index contributed by atoms with van der Waals surface area (Å²) in [4.78, 5) is 43.5. The van der Waals surface area contributed by atoms with Crippen LogP contribution in [0.15, 0.2) is 41.4 Å². The number of hydrogen-bond acceptors (Lipinski definition) is 10. The van der Waals surface area contributed by atoms with E-state index in [9.17, 15) is 24.6 Å². The molecule has 1 spiro atoms. The summed E-state index contributed by atoms with van der Waals surface area (Å²) in [6, 6.07) is 8.17. The smallest absolute Gasteiger partial charge is 0.346 e. The van der Waals surface area contributed by atoms with Crippen LogP contribution in [0.1, 0.15) is 28.8 Å². The SMILES string of the molecule is Cc1ccc2cccc(C(=O)NC3C[N+]4=C(N)N[C@@H](CN5C(=O)CCC5=O)[C@@H]5N=C(N)N[C@@]54C3(O)O)c2c1. The number of carbonyl (C=O) groups excluding carboxylic acids is 3. The second kappa shape index (κ2) is 8.13. The van der Waals surface area contributed by atoms with E-state index in [2.05, 4.69) is 20.9 Å². The Hall–Kier alpha value is -4.23. The predicted octanol–water partition coefficient (Wildman–Crippen LogP) is -2.63. The molecule has 2 aromatic carbocycles. The van der Waals surface area contributed by atoms with Crippen molar-refractivity contribution in [3.63, 3.8) is 0 Å². The molecular weight excluding hydrogens is 492 g/mol. The number of imide groups is 1. The maximum absolute atomic E-state index is 13.5. The number of nitrogens with zero attached hydrogens (tertiary/aromatic N) is 3. The van der Waals surface area contributed by atoms with Crippen LogP contribution in [0.25, 0.3) is 10.8 Å². The molecule has 4 aliphatic rings. The van der Waals surface area contributed by atoms with Gasteiger partial charge in [-0.15, -0.1) is 0 Å². The molecule has 13 nitrogen and oxygen atoms in total. The third kappa shape index (κ3) is 3.28. The number of nitrogens with one attached hydrogen (secondary N) is 3. The van der Waals surface area contributed by atoms with Gasteiger partial charge in [-0.1, -0.05) is 35.9 Å². The molecule has 6 rings (SSSR count). The standard InChI is InChI=1S/C25H28N8O5/c1-12-5-6-13-3-2-4-14(15(13)9-12)21(36)29-17-11-33-23(27)28-16(10-32-18(34)7-8-19(32)35)20-24(33,25(17,37)38)31-22(26)30-20/h2-6,9,16-17,20,37-38H,7-8,10-11H2,1H3,(H6,26,27,28,29,30,31,36)/p+1/t16-,17?,20-,24-/m0/s1. The van der Waals surface area contributed by atoms with E-state index in [1.165, 1.54) is 4.58 Å². The van der Waals surface area contributed by atoms with E-state index >= 15 is 0 Å². The first kappa shape index (κ1) is 24.1. The summed E-state index contributed by atoms with van der Waals surface area (Å²) in [5.41, 5.74) is 12.0. The summed E-state index contributed by atoms with van der Waals surface area (Å²) in [7, 11) is 0. The lowest BCUT2D eigenvalue weighted by Crippen LogP contribution is -2.79. The molecule has 9 N–H and O–H groups in total. The van der Waals surface area contributed by atoms with Gasteiger partial charge in [-0.3, -0.25) is 30.3 Å². The van der Waals surface area contributed by atoms with E-state index in [-0.39, 0.29) is 49.7 Å². The average Bonchev–Trinajstić information content (AvgIpc) is 3.46. The number of guanidine groups is 2. The van der Waals surface area contributed by atoms with Crippen molar-refractivity contribution >= 4 is 40.4 Å². The molecule has 3 amide bonds. The first-order chi connectivity index (χ1) is 18.0. The molecule has 198 valence electrons. The van der Waals surface area contributed by atoms with Crippen LogP contribution in [0.5, 0.6) is 0 Å². The first-order valence-corrected chi connectivity index (χ1v) is 12.4. The number of aliphatic hydroxyl groups is 2. The van der Waals surface area contributed by atoms with Gasteiger partial charge in [-0.25, -0.2) is 9.57 Å². The highest BCUT2D eigenvalue weighted by Gasteiger charge is 2.75. The van der Waals surface area contributed by atoms with Gasteiger partial charge < -0.3 is 26.6 Å². The zero-order valence-electron chi connectivity index (χ0n) is 20.6. The number of aryl methyl sites for hydroxylation is 1. The fraction of sp³-hybridized carbons (Fsp3) is 0.400. The molecule has 0 aromatic heterocycles. The topological polar surface area (TPSA) is 198 Å². The molecule has 2 saturated heterocycles. The molecule has 38 heavy (non-hydrogen) atoms. The summed E-state index contributed by atoms with van der Waals surface area (Å²) in [5.74, 6) is -3.75. The molecule has 4 atom stereocenters. The van der Waals surface area contributed by atoms with Crippen molar-refractivity contribution in [3.05, 3.63) is 47.5 Å². The number of nitrogens with two attached hydrogens (primary N) is 2. The summed E-state index contributed by atoms with van der Waals surface area (Å²) in [6.45, 7) is 1.76. The predicted molar refractivity (Wildman–Crippen MR) is 136 cm³/mol. The van der Waals surface area contributed by atoms with E-state index in [0.29, 0.717) is 5.56 Å². The maximum atomic E-state index is 13.5. The Bertz CT molecular complexity index is 1450. The van der Waals surface area contributed by atoms with E-state index in [0.717, 1.165) is 21.2 Å². The van der Waals surface area contributed by atoms with Crippen LogP contribution >= 0.6 is 0 Å². The second-order valence-corrected chi connectivity index (χ2v) is 10.3. The van der Waals surface area contributed by atoms with Gasteiger partial charge in [-0.2, -0.15) is 0 Å². The average molecular weight is 522 g/mol. The van der Waals surface area contributed by atoms with E-state index < -0.39 is 35.5 Å². The first-order valence-electron chi connectivity index (χ1n) is 12.4. The monoisotopic (exact) mass is 521 g/mol. The molecule has 13 heteroatoms. The van der Waals surface area contributed by atoms with Crippen molar-refractivity contribution in [2.45, 2.75) is 49.3 Å². The Kier molecular flexibility index (Phi) is 5.16. The Morgan fingerprint density at radius 1 is 1.21 bits per heavy atom. The third-order valence-electron chi connectivity index (χ3n) is 7.99. The molecule has 0 radical (unpaired) electrons. The highest BCUT2D eigenvalue weighted by Crippen LogP contribution is 2.41. The molecule has 2 aromatic rings. The van der Waals surface area contributed by atoms with Gasteiger partial charge in [0, 0.05) is 18.4 Å². The van der Waals surface area contributed by atoms with Crippen molar-refractivity contribution in [3.8, 4) is 0 Å². The number of benzene rings is 2. The summed E-state index contributed by atoms with van der Waals surface area (Å²) in [6.07, 6.45) is 0.226. The van der Waals surface area contributed by atoms with Crippen LogP contribution in [0, 0.1) is 6.92 Å². The van der Waals surface area contributed by atoms with Gasteiger partial charge in [0.05, 0.1) is 13.1 Å². The lowest BCUT2D eigenvalue weighted by atomic mass is 9.85. The lowest BCUT2D eigenvalue weighted by Gasteiger charge is -2.44. The number of likely N-dealkylation sites (tertiary alicyclic amines) is 1. The molecule has 4 heterocycles. The molecule has 2 fully saturated rings. The largest absolute Gasteiger partial charge is 0.370 e. The van der Waals surface area contributed by atoms with Gasteiger partial charge >= 0.3 is 5.96 Å². The molecule has 0 bridgehead atoms. The summed E-state index contributed by atoms with van der Waals surface area (Å²) < 4.78 is 1.48. The van der Waals surface area contributed by atoms with Crippen LogP contribution in [0.2, 0.25) is 0 Å². The Morgan fingerprint density at radius 3 is 2.68 bits per heavy atom. The zero-order valence-corrected chi connectivity index (χ0v) is 20.6. The molecule has 1 unspecified atom stereocenters. The maximum Gasteiger partial charge on any atom is 0.346 e. The third-order valence-corrected chi connectivity index (χ3v) is 7.99. The van der Waals surface area contributed by atoms with Crippen molar-refractivity contribution in [1.82, 2.24) is 20.9 Å². The lowest BCUT2D eigenvalue weighted by molar-refractivity contribution is -0.623. The second-order valence-electron chi connectivity index (χ2n) is 10.3. The molecule has 0 saturated carbocycles. The van der Waals surface area contributed by atoms with Gasteiger partial charge in [0.15, 0.2) is 5.96 Å². The van der Waals surface area contributed by atoms with Crippen LogP contribution < -0.4 is 27.4 Å². The Morgan fingerprint density at radius 2 is 1.95 bits per heavy atom. The summed E-state index contributed by atoms with van der Waals surface area (Å²) in [5, 5.41) is 33.6.